The molecule has 3 rings (SSSR count). The Morgan fingerprint density at radius 1 is 1.16 bits per heavy atom. The highest BCUT2D eigenvalue weighted by Gasteiger charge is 2.31. The topological polar surface area (TPSA) is 61.4 Å². The Balaban J connectivity index is 1.51. The van der Waals surface area contributed by atoms with Crippen LogP contribution in [0.25, 0.3) is 0 Å². The molecule has 2 aromatic rings. The lowest BCUT2D eigenvalue weighted by Gasteiger charge is -2.17. The second-order valence-corrected chi connectivity index (χ2v) is 6.27. The van der Waals surface area contributed by atoms with Gasteiger partial charge in [-0.1, -0.05) is 23.7 Å². The highest BCUT2D eigenvalue weighted by molar-refractivity contribution is 6.30. The first kappa shape index (κ1) is 17.2. The standard InChI is InChI=1S/C18H17ClFN3O2/c19-13-3-1-12(2-4-13)10-21-18(25)22-15-9-17(24)23(11-15)16-7-5-14(20)6-8-16/h1-8,15H,9-11H2,(H2,21,22,25). The molecule has 1 unspecified atom stereocenters. The average Bonchev–Trinajstić information content (AvgIpc) is 2.95. The molecule has 1 heterocycles. The Bertz CT molecular complexity index is 765. The van der Waals surface area contributed by atoms with Crippen molar-refractivity contribution < 1.29 is 14.0 Å². The van der Waals surface area contributed by atoms with Crippen LogP contribution in [-0.2, 0) is 11.3 Å². The van der Waals surface area contributed by atoms with Gasteiger partial charge in [0.1, 0.15) is 5.82 Å². The van der Waals surface area contributed by atoms with Gasteiger partial charge < -0.3 is 15.5 Å². The van der Waals surface area contributed by atoms with Gasteiger partial charge in [-0.15, -0.1) is 0 Å². The predicted octanol–water partition coefficient (Wildman–Crippen LogP) is 3.08. The van der Waals surface area contributed by atoms with Crippen molar-refractivity contribution in [3.63, 3.8) is 0 Å². The monoisotopic (exact) mass is 361 g/mol. The van der Waals surface area contributed by atoms with E-state index in [0.29, 0.717) is 23.8 Å². The Kier molecular flexibility index (Phi) is 5.19. The highest BCUT2D eigenvalue weighted by atomic mass is 35.5. The maximum Gasteiger partial charge on any atom is 0.315 e. The van der Waals surface area contributed by atoms with Crippen LogP contribution in [-0.4, -0.2) is 24.5 Å². The van der Waals surface area contributed by atoms with Crippen LogP contribution in [0.2, 0.25) is 5.02 Å². The summed E-state index contributed by atoms with van der Waals surface area (Å²) in [5.74, 6) is -0.457. The first-order valence-electron chi connectivity index (χ1n) is 7.86. The van der Waals surface area contributed by atoms with Crippen LogP contribution in [0.1, 0.15) is 12.0 Å². The highest BCUT2D eigenvalue weighted by Crippen LogP contribution is 2.21. The number of carbonyl (C=O) groups excluding carboxylic acids is 2. The second kappa shape index (κ2) is 7.53. The summed E-state index contributed by atoms with van der Waals surface area (Å²) in [6.07, 6.45) is 0.214. The fourth-order valence-electron chi connectivity index (χ4n) is 2.70. The summed E-state index contributed by atoms with van der Waals surface area (Å²) in [4.78, 5) is 25.7. The molecular weight excluding hydrogens is 345 g/mol. The summed E-state index contributed by atoms with van der Waals surface area (Å²) in [6, 6.07) is 12.3. The maximum absolute atomic E-state index is 13.0. The Morgan fingerprint density at radius 2 is 1.84 bits per heavy atom. The van der Waals surface area contributed by atoms with Gasteiger partial charge in [0.05, 0.1) is 6.04 Å². The van der Waals surface area contributed by atoms with E-state index in [2.05, 4.69) is 10.6 Å². The maximum atomic E-state index is 13.0. The van der Waals surface area contributed by atoms with Crippen molar-refractivity contribution in [3.8, 4) is 0 Å². The van der Waals surface area contributed by atoms with Crippen molar-refractivity contribution in [2.45, 2.75) is 19.0 Å². The van der Waals surface area contributed by atoms with E-state index in [-0.39, 0.29) is 30.2 Å². The van der Waals surface area contributed by atoms with Crippen LogP contribution in [0.3, 0.4) is 0 Å². The molecule has 0 spiro atoms. The minimum atomic E-state index is -0.355. The molecule has 3 amide bonds. The van der Waals surface area contributed by atoms with Crippen LogP contribution in [0.15, 0.2) is 48.5 Å². The fourth-order valence-corrected chi connectivity index (χ4v) is 2.82. The smallest absolute Gasteiger partial charge is 0.315 e. The lowest BCUT2D eigenvalue weighted by Crippen LogP contribution is -2.43. The van der Waals surface area contributed by atoms with Gasteiger partial charge in [-0.2, -0.15) is 0 Å². The lowest BCUT2D eigenvalue weighted by atomic mass is 10.2. The average molecular weight is 362 g/mol. The molecule has 2 N–H and O–H groups in total. The fraction of sp³-hybridized carbons (Fsp3) is 0.222. The zero-order valence-corrected chi connectivity index (χ0v) is 14.1. The number of nitrogens with zero attached hydrogens (tertiary/aromatic N) is 1. The number of nitrogens with one attached hydrogen (secondary N) is 2. The van der Waals surface area contributed by atoms with Crippen molar-refractivity contribution in [1.82, 2.24) is 10.6 Å². The van der Waals surface area contributed by atoms with Crippen LogP contribution in [0.5, 0.6) is 0 Å². The molecule has 25 heavy (non-hydrogen) atoms. The number of amides is 3. The first-order valence-corrected chi connectivity index (χ1v) is 8.24. The van der Waals surface area contributed by atoms with Gasteiger partial charge >= 0.3 is 6.03 Å². The normalized spacial score (nSPS) is 16.8. The van der Waals surface area contributed by atoms with Gasteiger partial charge in [-0.05, 0) is 42.0 Å². The van der Waals surface area contributed by atoms with Gasteiger partial charge in [0.15, 0.2) is 0 Å². The molecule has 5 nitrogen and oxygen atoms in total. The molecule has 1 aliphatic rings. The van der Waals surface area contributed by atoms with Crippen molar-refractivity contribution in [3.05, 3.63) is 64.9 Å². The van der Waals surface area contributed by atoms with Crippen molar-refractivity contribution in [2.75, 3.05) is 11.4 Å². The van der Waals surface area contributed by atoms with Gasteiger partial charge in [0.25, 0.3) is 0 Å². The molecule has 1 fully saturated rings. The van der Waals surface area contributed by atoms with Crippen molar-refractivity contribution in [1.29, 1.82) is 0 Å². The van der Waals surface area contributed by atoms with Crippen LogP contribution < -0.4 is 15.5 Å². The number of hydrogen-bond acceptors (Lipinski definition) is 2. The van der Waals surface area contributed by atoms with Gasteiger partial charge in [-0.3, -0.25) is 4.79 Å². The minimum Gasteiger partial charge on any atom is -0.334 e. The van der Waals surface area contributed by atoms with E-state index in [1.807, 2.05) is 12.1 Å². The second-order valence-electron chi connectivity index (χ2n) is 5.84. The molecule has 1 aliphatic heterocycles. The van der Waals surface area contributed by atoms with Crippen LogP contribution in [0, 0.1) is 5.82 Å². The van der Waals surface area contributed by atoms with E-state index in [1.54, 1.807) is 29.2 Å². The van der Waals surface area contributed by atoms with E-state index in [1.165, 1.54) is 12.1 Å². The van der Waals surface area contributed by atoms with E-state index < -0.39 is 0 Å². The summed E-state index contributed by atoms with van der Waals surface area (Å²) in [5, 5.41) is 6.18. The van der Waals surface area contributed by atoms with E-state index in [4.69, 9.17) is 11.6 Å². The Morgan fingerprint density at radius 3 is 2.52 bits per heavy atom. The molecule has 0 radical (unpaired) electrons. The molecule has 130 valence electrons. The van der Waals surface area contributed by atoms with Gasteiger partial charge in [0, 0.05) is 30.2 Å². The quantitative estimate of drug-likeness (QED) is 0.879. The molecule has 7 heteroatoms. The number of anilines is 1. The zero-order valence-electron chi connectivity index (χ0n) is 13.3. The molecule has 1 atom stereocenters. The minimum absolute atomic E-state index is 0.102. The Hall–Kier alpha value is -2.60. The molecule has 0 aromatic heterocycles. The largest absolute Gasteiger partial charge is 0.334 e. The third-order valence-corrected chi connectivity index (χ3v) is 4.22. The van der Waals surface area contributed by atoms with Gasteiger partial charge in [-0.25, -0.2) is 9.18 Å². The predicted molar refractivity (Wildman–Crippen MR) is 94.0 cm³/mol. The van der Waals surface area contributed by atoms with Gasteiger partial charge in [0.2, 0.25) is 5.91 Å². The number of halogens is 2. The summed E-state index contributed by atoms with van der Waals surface area (Å²) in [7, 11) is 0. The third kappa shape index (κ3) is 4.48. The number of rotatable bonds is 4. The number of carbonyl (C=O) groups is 2. The summed E-state index contributed by atoms with van der Waals surface area (Å²) < 4.78 is 13.0. The molecule has 2 aromatic carbocycles. The van der Waals surface area contributed by atoms with Crippen molar-refractivity contribution >= 4 is 29.2 Å². The van der Waals surface area contributed by atoms with Crippen LogP contribution in [0.4, 0.5) is 14.9 Å². The molecule has 0 saturated carbocycles. The summed E-state index contributed by atoms with van der Waals surface area (Å²) in [6.45, 7) is 0.726. The number of urea groups is 1. The molecular formula is C18H17ClFN3O2. The third-order valence-electron chi connectivity index (χ3n) is 3.96. The molecule has 0 bridgehead atoms. The lowest BCUT2D eigenvalue weighted by molar-refractivity contribution is -0.117. The SMILES string of the molecule is O=C(NCc1ccc(Cl)cc1)NC1CC(=O)N(c2ccc(F)cc2)C1. The first-order chi connectivity index (χ1) is 12.0. The van der Waals surface area contributed by atoms with Crippen molar-refractivity contribution in [2.24, 2.45) is 0 Å². The molecule has 0 aliphatic carbocycles. The summed E-state index contributed by atoms with van der Waals surface area (Å²) >= 11 is 5.82. The Labute approximate surface area is 149 Å². The van der Waals surface area contributed by atoms with E-state index in [0.717, 1.165) is 5.56 Å². The van der Waals surface area contributed by atoms with E-state index >= 15 is 0 Å². The van der Waals surface area contributed by atoms with Crippen LogP contribution >= 0.6 is 11.6 Å². The number of hydrogen-bond donors (Lipinski definition) is 2. The summed E-state index contributed by atoms with van der Waals surface area (Å²) in [5.41, 5.74) is 1.55. The zero-order chi connectivity index (χ0) is 17.8. The molecule has 1 saturated heterocycles. The number of benzene rings is 2. The van der Waals surface area contributed by atoms with E-state index in [9.17, 15) is 14.0 Å².